The predicted molar refractivity (Wildman–Crippen MR) is 87.2 cm³/mol. The molecule has 1 aliphatic rings. The lowest BCUT2D eigenvalue weighted by Crippen LogP contribution is -2.33. The second kappa shape index (κ2) is 7.34. The van der Waals surface area contributed by atoms with Crippen LogP contribution < -0.4 is 9.80 Å². The Morgan fingerprint density at radius 3 is 2.33 bits per heavy atom. The number of nitrogens with zero attached hydrogens (tertiary/aromatic N) is 2. The summed E-state index contributed by atoms with van der Waals surface area (Å²) >= 11 is 0. The maximum atomic E-state index is 10.8. The van der Waals surface area contributed by atoms with Crippen LogP contribution in [0.1, 0.15) is 39.5 Å². The molecule has 4 heteroatoms. The highest BCUT2D eigenvalue weighted by Gasteiger charge is 2.14. The summed E-state index contributed by atoms with van der Waals surface area (Å²) in [5.41, 5.74) is 2.38. The normalized spacial score (nSPS) is 15.3. The summed E-state index contributed by atoms with van der Waals surface area (Å²) in [4.78, 5) is 15.4. The van der Waals surface area contributed by atoms with E-state index in [2.05, 4.69) is 47.9 Å². The number of rotatable bonds is 6. The monoisotopic (exact) mass is 290 g/mol. The van der Waals surface area contributed by atoms with Crippen LogP contribution in [0.15, 0.2) is 24.3 Å². The minimum Gasteiger partial charge on any atom is -0.481 e. The molecule has 0 aromatic heterocycles. The molecule has 0 atom stereocenters. The van der Waals surface area contributed by atoms with Gasteiger partial charge >= 0.3 is 5.97 Å². The molecule has 0 spiro atoms. The second-order valence-electron chi connectivity index (χ2n) is 5.99. The van der Waals surface area contributed by atoms with E-state index in [0.29, 0.717) is 12.6 Å². The Hall–Kier alpha value is -1.71. The smallest absolute Gasteiger partial charge is 0.305 e. The fourth-order valence-electron chi connectivity index (χ4n) is 2.91. The Bertz CT molecular complexity index is 450. The van der Waals surface area contributed by atoms with Crippen LogP contribution in [0, 0.1) is 0 Å². The number of hydrogen-bond donors (Lipinski definition) is 1. The van der Waals surface area contributed by atoms with Crippen LogP contribution >= 0.6 is 0 Å². The van der Waals surface area contributed by atoms with Gasteiger partial charge in [-0.2, -0.15) is 0 Å². The number of aliphatic carboxylic acids is 1. The van der Waals surface area contributed by atoms with E-state index in [0.717, 1.165) is 18.8 Å². The lowest BCUT2D eigenvalue weighted by molar-refractivity contribution is -0.136. The molecule has 1 saturated heterocycles. The summed E-state index contributed by atoms with van der Waals surface area (Å²) in [6.07, 6.45) is 4.06. The Balaban J connectivity index is 2.05. The molecule has 4 nitrogen and oxygen atoms in total. The van der Waals surface area contributed by atoms with Gasteiger partial charge in [0, 0.05) is 37.1 Å². The third kappa shape index (κ3) is 4.38. The van der Waals surface area contributed by atoms with Crippen LogP contribution in [0.3, 0.4) is 0 Å². The van der Waals surface area contributed by atoms with Crippen molar-refractivity contribution >= 4 is 17.3 Å². The molecule has 0 radical (unpaired) electrons. The van der Waals surface area contributed by atoms with Crippen molar-refractivity contribution in [3.05, 3.63) is 24.3 Å². The summed E-state index contributed by atoms with van der Waals surface area (Å²) in [6.45, 7) is 7.04. The third-order valence-electron chi connectivity index (χ3n) is 4.09. The number of carbonyl (C=O) groups is 1. The molecule has 1 N–H and O–H groups in total. The van der Waals surface area contributed by atoms with Crippen molar-refractivity contribution in [1.82, 2.24) is 0 Å². The van der Waals surface area contributed by atoms with Gasteiger partial charge in [-0.05, 0) is 57.4 Å². The van der Waals surface area contributed by atoms with E-state index in [9.17, 15) is 4.79 Å². The van der Waals surface area contributed by atoms with Crippen molar-refractivity contribution in [2.24, 2.45) is 0 Å². The van der Waals surface area contributed by atoms with Gasteiger partial charge in [0.15, 0.2) is 0 Å². The summed E-state index contributed by atoms with van der Waals surface area (Å²) in [5, 5.41) is 8.87. The standard InChI is InChI=1S/C17H26N2O2/c1-14(2)19(13-10-17(20)21)16-8-6-15(7-9-16)18-11-4-3-5-12-18/h6-9,14H,3-5,10-13H2,1-2H3,(H,20,21). The molecule has 0 unspecified atom stereocenters. The Kier molecular flexibility index (Phi) is 5.48. The number of carboxylic acids is 1. The summed E-state index contributed by atoms with van der Waals surface area (Å²) < 4.78 is 0. The van der Waals surface area contributed by atoms with Crippen molar-refractivity contribution in [2.75, 3.05) is 29.4 Å². The minimum absolute atomic E-state index is 0.173. The molecule has 116 valence electrons. The molecular formula is C17H26N2O2. The quantitative estimate of drug-likeness (QED) is 0.872. The van der Waals surface area contributed by atoms with Gasteiger partial charge in [-0.1, -0.05) is 0 Å². The molecule has 0 amide bonds. The van der Waals surface area contributed by atoms with Gasteiger partial charge in [-0.3, -0.25) is 4.79 Å². The zero-order chi connectivity index (χ0) is 15.2. The van der Waals surface area contributed by atoms with Gasteiger partial charge in [0.25, 0.3) is 0 Å². The van der Waals surface area contributed by atoms with Crippen molar-refractivity contribution in [3.8, 4) is 0 Å². The minimum atomic E-state index is -0.745. The predicted octanol–water partition coefficient (Wildman–Crippen LogP) is 3.37. The van der Waals surface area contributed by atoms with Crippen molar-refractivity contribution in [2.45, 2.75) is 45.6 Å². The topological polar surface area (TPSA) is 43.8 Å². The first-order valence-corrected chi connectivity index (χ1v) is 7.91. The van der Waals surface area contributed by atoms with Gasteiger partial charge in [0.1, 0.15) is 0 Å². The maximum absolute atomic E-state index is 10.8. The average molecular weight is 290 g/mol. The molecular weight excluding hydrogens is 264 g/mol. The zero-order valence-electron chi connectivity index (χ0n) is 13.1. The number of piperidine rings is 1. The van der Waals surface area contributed by atoms with Gasteiger partial charge in [-0.25, -0.2) is 0 Å². The van der Waals surface area contributed by atoms with Crippen molar-refractivity contribution in [1.29, 1.82) is 0 Å². The number of carboxylic acid groups (broad SMARTS) is 1. The van der Waals surface area contributed by atoms with E-state index in [-0.39, 0.29) is 6.42 Å². The first-order valence-electron chi connectivity index (χ1n) is 7.91. The molecule has 1 aromatic rings. The van der Waals surface area contributed by atoms with Gasteiger partial charge < -0.3 is 14.9 Å². The number of anilines is 2. The highest BCUT2D eigenvalue weighted by molar-refractivity contribution is 5.68. The Morgan fingerprint density at radius 1 is 1.19 bits per heavy atom. The number of benzene rings is 1. The summed E-state index contributed by atoms with van der Waals surface area (Å²) in [5.74, 6) is -0.745. The summed E-state index contributed by atoms with van der Waals surface area (Å²) in [6, 6.07) is 8.86. The zero-order valence-corrected chi connectivity index (χ0v) is 13.1. The van der Waals surface area contributed by atoms with Gasteiger partial charge in [0.2, 0.25) is 0 Å². The maximum Gasteiger partial charge on any atom is 0.305 e. The molecule has 0 bridgehead atoms. The fraction of sp³-hybridized carbons (Fsp3) is 0.588. The van der Waals surface area contributed by atoms with Crippen LogP contribution in [0.4, 0.5) is 11.4 Å². The molecule has 0 aliphatic carbocycles. The molecule has 0 saturated carbocycles. The third-order valence-corrected chi connectivity index (χ3v) is 4.09. The highest BCUT2D eigenvalue weighted by Crippen LogP contribution is 2.24. The van der Waals surface area contributed by atoms with Crippen LogP contribution in [0.5, 0.6) is 0 Å². The highest BCUT2D eigenvalue weighted by atomic mass is 16.4. The Labute approximate surface area is 127 Å². The molecule has 1 aromatic carbocycles. The summed E-state index contributed by atoms with van der Waals surface area (Å²) in [7, 11) is 0. The van der Waals surface area contributed by atoms with Gasteiger partial charge in [0.05, 0.1) is 6.42 Å². The molecule has 21 heavy (non-hydrogen) atoms. The second-order valence-corrected chi connectivity index (χ2v) is 5.99. The van der Waals surface area contributed by atoms with Crippen LogP contribution in [0.2, 0.25) is 0 Å². The lowest BCUT2D eigenvalue weighted by Gasteiger charge is -2.31. The molecule has 1 heterocycles. The van der Waals surface area contributed by atoms with E-state index in [1.807, 2.05) is 0 Å². The van der Waals surface area contributed by atoms with E-state index in [4.69, 9.17) is 5.11 Å². The molecule has 2 rings (SSSR count). The van der Waals surface area contributed by atoms with Crippen molar-refractivity contribution in [3.63, 3.8) is 0 Å². The van der Waals surface area contributed by atoms with Gasteiger partial charge in [-0.15, -0.1) is 0 Å². The molecule has 1 fully saturated rings. The van der Waals surface area contributed by atoms with Crippen molar-refractivity contribution < 1.29 is 9.90 Å². The molecule has 1 aliphatic heterocycles. The first-order chi connectivity index (χ1) is 10.1. The first kappa shape index (κ1) is 15.7. The average Bonchev–Trinajstić information content (AvgIpc) is 2.48. The van der Waals surface area contributed by atoms with Crippen LogP contribution in [-0.2, 0) is 4.79 Å². The van der Waals surface area contributed by atoms with E-state index in [1.165, 1.54) is 24.9 Å². The largest absolute Gasteiger partial charge is 0.481 e. The number of hydrogen-bond acceptors (Lipinski definition) is 3. The van der Waals surface area contributed by atoms with Crippen LogP contribution in [0.25, 0.3) is 0 Å². The fourth-order valence-corrected chi connectivity index (χ4v) is 2.91. The SMILES string of the molecule is CC(C)N(CCC(=O)O)c1ccc(N2CCCCC2)cc1. The van der Waals surface area contributed by atoms with E-state index < -0.39 is 5.97 Å². The lowest BCUT2D eigenvalue weighted by atomic mass is 10.1. The Morgan fingerprint density at radius 2 is 1.81 bits per heavy atom. The van der Waals surface area contributed by atoms with Crippen LogP contribution in [-0.4, -0.2) is 36.8 Å². The van der Waals surface area contributed by atoms with E-state index >= 15 is 0 Å². The van der Waals surface area contributed by atoms with E-state index in [1.54, 1.807) is 0 Å².